The summed E-state index contributed by atoms with van der Waals surface area (Å²) in [7, 11) is -3.90. The summed E-state index contributed by atoms with van der Waals surface area (Å²) in [5.74, 6) is -0.722. The lowest BCUT2D eigenvalue weighted by Gasteiger charge is -2.10. The molecule has 0 unspecified atom stereocenters. The SMILES string of the molecule is Cc1ccc(NS(=O)(=O)c2cncc(F)c2)c(N)c1. The van der Waals surface area contributed by atoms with Gasteiger partial charge in [-0.1, -0.05) is 6.07 Å². The van der Waals surface area contributed by atoms with Crippen LogP contribution in [0, 0.1) is 12.7 Å². The van der Waals surface area contributed by atoms with Gasteiger partial charge in [0.25, 0.3) is 10.0 Å². The summed E-state index contributed by atoms with van der Waals surface area (Å²) in [6.07, 6.45) is 2.00. The van der Waals surface area contributed by atoms with E-state index < -0.39 is 15.8 Å². The monoisotopic (exact) mass is 281 g/mol. The summed E-state index contributed by atoms with van der Waals surface area (Å²) in [5, 5.41) is 0. The molecule has 3 N–H and O–H groups in total. The molecule has 100 valence electrons. The Bertz CT molecular complexity index is 717. The average Bonchev–Trinajstić information content (AvgIpc) is 2.33. The van der Waals surface area contributed by atoms with Crippen LogP contribution in [0.5, 0.6) is 0 Å². The van der Waals surface area contributed by atoms with Crippen molar-refractivity contribution in [1.29, 1.82) is 0 Å². The third-order valence-corrected chi connectivity index (χ3v) is 3.77. The van der Waals surface area contributed by atoms with Crippen LogP contribution in [-0.2, 0) is 10.0 Å². The number of nitrogens with two attached hydrogens (primary N) is 1. The van der Waals surface area contributed by atoms with Gasteiger partial charge in [-0.25, -0.2) is 12.8 Å². The normalized spacial score (nSPS) is 11.3. The molecule has 2 rings (SSSR count). The van der Waals surface area contributed by atoms with Crippen molar-refractivity contribution in [3.05, 3.63) is 48.0 Å². The molecule has 0 fully saturated rings. The average molecular weight is 281 g/mol. The number of anilines is 2. The molecule has 1 aromatic heterocycles. The molecule has 2 aromatic rings. The van der Waals surface area contributed by atoms with Crippen LogP contribution in [0.25, 0.3) is 0 Å². The number of benzene rings is 1. The van der Waals surface area contributed by atoms with Crippen LogP contribution >= 0.6 is 0 Å². The molecule has 0 aliphatic carbocycles. The second-order valence-electron chi connectivity index (χ2n) is 4.04. The van der Waals surface area contributed by atoms with Crippen molar-refractivity contribution in [2.75, 3.05) is 10.5 Å². The van der Waals surface area contributed by atoms with E-state index in [-0.39, 0.29) is 10.6 Å². The van der Waals surface area contributed by atoms with Crippen LogP contribution < -0.4 is 10.5 Å². The van der Waals surface area contributed by atoms with E-state index >= 15 is 0 Å². The summed E-state index contributed by atoms with van der Waals surface area (Å²) < 4.78 is 39.3. The molecule has 0 aliphatic rings. The summed E-state index contributed by atoms with van der Waals surface area (Å²) in [6, 6.07) is 5.80. The first-order valence-corrected chi connectivity index (χ1v) is 6.86. The molecule has 0 atom stereocenters. The van der Waals surface area contributed by atoms with E-state index in [1.807, 2.05) is 6.92 Å². The fourth-order valence-corrected chi connectivity index (χ4v) is 2.58. The first kappa shape index (κ1) is 13.3. The van der Waals surface area contributed by atoms with Crippen LogP contribution in [0.3, 0.4) is 0 Å². The molecular formula is C12H12FN3O2S. The molecule has 0 saturated carbocycles. The van der Waals surface area contributed by atoms with Gasteiger partial charge < -0.3 is 5.73 Å². The minimum Gasteiger partial charge on any atom is -0.397 e. The Kier molecular flexibility index (Phi) is 3.39. The van der Waals surface area contributed by atoms with Crippen LogP contribution in [0.15, 0.2) is 41.6 Å². The number of nitrogens with one attached hydrogen (secondary N) is 1. The maximum absolute atomic E-state index is 13.0. The molecule has 1 heterocycles. The fourth-order valence-electron chi connectivity index (χ4n) is 1.52. The van der Waals surface area contributed by atoms with Gasteiger partial charge in [-0.05, 0) is 30.7 Å². The van der Waals surface area contributed by atoms with E-state index in [2.05, 4.69) is 9.71 Å². The highest BCUT2D eigenvalue weighted by Crippen LogP contribution is 2.23. The number of nitrogens with zero attached hydrogens (tertiary/aromatic N) is 1. The minimum atomic E-state index is -3.90. The Labute approximate surface area is 110 Å². The van der Waals surface area contributed by atoms with Crippen molar-refractivity contribution in [2.45, 2.75) is 11.8 Å². The lowest BCUT2D eigenvalue weighted by Crippen LogP contribution is -2.14. The number of pyridine rings is 1. The van der Waals surface area contributed by atoms with Crippen LogP contribution in [0.1, 0.15) is 5.56 Å². The zero-order valence-electron chi connectivity index (χ0n) is 10.1. The number of sulfonamides is 1. The molecule has 0 saturated heterocycles. The Morgan fingerprint density at radius 1 is 1.26 bits per heavy atom. The summed E-state index contributed by atoms with van der Waals surface area (Å²) in [6.45, 7) is 1.84. The number of rotatable bonds is 3. The smallest absolute Gasteiger partial charge is 0.263 e. The van der Waals surface area contributed by atoms with Gasteiger partial charge >= 0.3 is 0 Å². The van der Waals surface area contributed by atoms with Crippen molar-refractivity contribution in [3.63, 3.8) is 0 Å². The molecule has 1 aromatic carbocycles. The summed E-state index contributed by atoms with van der Waals surface area (Å²) in [4.78, 5) is 3.25. The number of hydrogen-bond donors (Lipinski definition) is 2. The van der Waals surface area contributed by atoms with Crippen molar-refractivity contribution in [1.82, 2.24) is 4.98 Å². The number of aromatic nitrogens is 1. The van der Waals surface area contributed by atoms with E-state index in [1.165, 1.54) is 0 Å². The molecule has 5 nitrogen and oxygen atoms in total. The maximum Gasteiger partial charge on any atom is 0.263 e. The van der Waals surface area contributed by atoms with Crippen molar-refractivity contribution < 1.29 is 12.8 Å². The van der Waals surface area contributed by atoms with E-state index in [0.717, 1.165) is 24.0 Å². The van der Waals surface area contributed by atoms with Crippen LogP contribution in [0.4, 0.5) is 15.8 Å². The zero-order chi connectivity index (χ0) is 14.0. The molecule has 0 spiro atoms. The number of halogens is 1. The van der Waals surface area contributed by atoms with Gasteiger partial charge in [-0.3, -0.25) is 9.71 Å². The highest BCUT2D eigenvalue weighted by molar-refractivity contribution is 7.92. The largest absolute Gasteiger partial charge is 0.397 e. The van der Waals surface area contributed by atoms with Gasteiger partial charge in [0.2, 0.25) is 0 Å². The van der Waals surface area contributed by atoms with Crippen molar-refractivity contribution in [3.8, 4) is 0 Å². The number of nitrogen functional groups attached to an aromatic ring is 1. The lowest BCUT2D eigenvalue weighted by molar-refractivity contribution is 0.592. The van der Waals surface area contributed by atoms with E-state index in [1.54, 1.807) is 18.2 Å². The minimum absolute atomic E-state index is 0.245. The second kappa shape index (κ2) is 4.85. The predicted octanol–water partition coefficient (Wildman–Crippen LogP) is 1.91. The van der Waals surface area contributed by atoms with Crippen LogP contribution in [-0.4, -0.2) is 13.4 Å². The van der Waals surface area contributed by atoms with Gasteiger partial charge in [0.1, 0.15) is 10.7 Å². The summed E-state index contributed by atoms with van der Waals surface area (Å²) >= 11 is 0. The summed E-state index contributed by atoms with van der Waals surface area (Å²) in [5.41, 5.74) is 7.17. The van der Waals surface area contributed by atoms with Crippen molar-refractivity contribution in [2.24, 2.45) is 0 Å². The highest BCUT2D eigenvalue weighted by atomic mass is 32.2. The third-order valence-electron chi connectivity index (χ3n) is 2.44. The molecule has 0 aliphatic heterocycles. The molecule has 0 bridgehead atoms. The molecule has 19 heavy (non-hydrogen) atoms. The number of hydrogen-bond acceptors (Lipinski definition) is 4. The van der Waals surface area contributed by atoms with Crippen molar-refractivity contribution >= 4 is 21.4 Å². The first-order chi connectivity index (χ1) is 8.88. The van der Waals surface area contributed by atoms with E-state index in [0.29, 0.717) is 5.69 Å². The lowest BCUT2D eigenvalue weighted by atomic mass is 10.2. The Morgan fingerprint density at radius 2 is 2.00 bits per heavy atom. The van der Waals surface area contributed by atoms with Gasteiger partial charge in [0.15, 0.2) is 0 Å². The quantitative estimate of drug-likeness (QED) is 0.842. The van der Waals surface area contributed by atoms with Gasteiger partial charge in [0, 0.05) is 6.20 Å². The molecular weight excluding hydrogens is 269 g/mol. The maximum atomic E-state index is 13.0. The van der Waals surface area contributed by atoms with E-state index in [9.17, 15) is 12.8 Å². The Hall–Kier alpha value is -2.15. The topological polar surface area (TPSA) is 85.1 Å². The third kappa shape index (κ3) is 3.00. The first-order valence-electron chi connectivity index (χ1n) is 5.38. The highest BCUT2D eigenvalue weighted by Gasteiger charge is 2.16. The molecule has 7 heteroatoms. The van der Waals surface area contributed by atoms with Gasteiger partial charge in [-0.15, -0.1) is 0 Å². The standard InChI is InChI=1S/C12H12FN3O2S/c1-8-2-3-12(11(14)4-8)16-19(17,18)10-5-9(13)6-15-7-10/h2-7,16H,14H2,1H3. The molecule has 0 amide bonds. The Morgan fingerprint density at radius 3 is 2.63 bits per heavy atom. The second-order valence-corrected chi connectivity index (χ2v) is 5.72. The van der Waals surface area contributed by atoms with Crippen LogP contribution in [0.2, 0.25) is 0 Å². The van der Waals surface area contributed by atoms with Gasteiger partial charge in [-0.2, -0.15) is 0 Å². The zero-order valence-corrected chi connectivity index (χ0v) is 10.9. The number of aryl methyl sites for hydroxylation is 1. The van der Waals surface area contributed by atoms with Gasteiger partial charge in [0.05, 0.1) is 17.6 Å². The van der Waals surface area contributed by atoms with E-state index in [4.69, 9.17) is 5.73 Å². The fraction of sp³-hybridized carbons (Fsp3) is 0.0833. The molecule has 0 radical (unpaired) electrons. The Balaban J connectivity index is 2.36. The predicted molar refractivity (Wildman–Crippen MR) is 70.6 cm³/mol.